The van der Waals surface area contributed by atoms with Crippen LogP contribution in [0.25, 0.3) is 11.3 Å². The van der Waals surface area contributed by atoms with E-state index in [2.05, 4.69) is 9.93 Å². The molecule has 10 heteroatoms. The van der Waals surface area contributed by atoms with Gasteiger partial charge in [0.05, 0.1) is 21.6 Å². The average molecular weight is 420 g/mol. The zero-order chi connectivity index (χ0) is 20.3. The van der Waals surface area contributed by atoms with Gasteiger partial charge >= 0.3 is 0 Å². The first kappa shape index (κ1) is 19.6. The van der Waals surface area contributed by atoms with Crippen molar-refractivity contribution in [1.29, 1.82) is 0 Å². The first-order valence-corrected chi connectivity index (χ1v) is 9.78. The van der Waals surface area contributed by atoms with E-state index in [0.717, 1.165) is 11.8 Å². The molecule has 0 atom stereocenters. The number of benzene rings is 2. The minimum atomic E-state index is -3.81. The second-order valence-corrected chi connectivity index (χ2v) is 7.88. The lowest BCUT2D eigenvalue weighted by molar-refractivity contribution is -0.384. The first-order valence-electron chi connectivity index (χ1n) is 7.92. The molecule has 0 saturated heterocycles. The van der Waals surface area contributed by atoms with Crippen LogP contribution in [-0.2, 0) is 10.0 Å². The van der Waals surface area contributed by atoms with Crippen LogP contribution in [0.4, 0.5) is 5.69 Å². The second-order valence-electron chi connectivity index (χ2n) is 5.79. The number of rotatable bonds is 6. The fraction of sp³-hybridized carbons (Fsp3) is 0.0556. The lowest BCUT2D eigenvalue weighted by atomic mass is 10.1. The van der Waals surface area contributed by atoms with Crippen molar-refractivity contribution in [3.63, 3.8) is 0 Å². The van der Waals surface area contributed by atoms with Crippen LogP contribution in [0.1, 0.15) is 11.3 Å². The van der Waals surface area contributed by atoms with E-state index < -0.39 is 14.9 Å². The second kappa shape index (κ2) is 7.83. The average Bonchev–Trinajstić information content (AvgIpc) is 3.10. The summed E-state index contributed by atoms with van der Waals surface area (Å²) >= 11 is 5.80. The molecular weight excluding hydrogens is 406 g/mol. The highest BCUT2D eigenvalue weighted by molar-refractivity contribution is 7.89. The van der Waals surface area contributed by atoms with E-state index in [9.17, 15) is 18.5 Å². The van der Waals surface area contributed by atoms with Crippen molar-refractivity contribution < 1.29 is 17.8 Å². The van der Waals surface area contributed by atoms with E-state index in [1.165, 1.54) is 42.5 Å². The van der Waals surface area contributed by atoms with Gasteiger partial charge in [0.15, 0.2) is 0 Å². The number of nitrogens with zero attached hydrogens (tertiary/aromatic N) is 2. The third-order valence-corrected chi connectivity index (χ3v) is 5.22. The van der Waals surface area contributed by atoms with Crippen LogP contribution in [0.15, 0.2) is 69.0 Å². The van der Waals surface area contributed by atoms with Crippen molar-refractivity contribution in [2.24, 2.45) is 5.10 Å². The summed E-state index contributed by atoms with van der Waals surface area (Å²) < 4.78 is 29.8. The molecule has 0 radical (unpaired) electrons. The van der Waals surface area contributed by atoms with Crippen molar-refractivity contribution in [3.8, 4) is 11.3 Å². The Morgan fingerprint density at radius 2 is 1.86 bits per heavy atom. The number of aryl methyl sites for hydroxylation is 1. The van der Waals surface area contributed by atoms with Crippen LogP contribution in [0.3, 0.4) is 0 Å². The summed E-state index contributed by atoms with van der Waals surface area (Å²) in [7, 11) is -3.81. The van der Waals surface area contributed by atoms with Crippen molar-refractivity contribution >= 4 is 33.5 Å². The molecule has 1 heterocycles. The Morgan fingerprint density at radius 3 is 2.54 bits per heavy atom. The van der Waals surface area contributed by atoms with Crippen LogP contribution >= 0.6 is 11.6 Å². The number of nitro benzene ring substituents is 1. The molecule has 3 rings (SSSR count). The highest BCUT2D eigenvalue weighted by Gasteiger charge is 2.18. The Hall–Kier alpha value is -3.17. The van der Waals surface area contributed by atoms with E-state index in [1.807, 2.05) is 6.92 Å². The van der Waals surface area contributed by atoms with Crippen LogP contribution in [0.5, 0.6) is 0 Å². The van der Waals surface area contributed by atoms with Crippen molar-refractivity contribution in [2.75, 3.05) is 0 Å². The standard InChI is InChI=1S/C18H14ClN3O5S/c1-12-2-6-15(7-3-12)28(25,26)21-20-11-14-5-9-18(27-14)16-8-4-13(19)10-17(16)22(23)24/h2-11,21H,1H3. The molecule has 28 heavy (non-hydrogen) atoms. The molecule has 0 unspecified atom stereocenters. The molecule has 0 fully saturated rings. The van der Waals surface area contributed by atoms with Gasteiger partial charge in [0.25, 0.3) is 15.7 Å². The predicted molar refractivity (Wildman–Crippen MR) is 105 cm³/mol. The van der Waals surface area contributed by atoms with Crippen molar-refractivity contribution in [3.05, 3.63) is 81.1 Å². The molecule has 3 aromatic rings. The van der Waals surface area contributed by atoms with Gasteiger partial charge in [-0.2, -0.15) is 18.4 Å². The topological polar surface area (TPSA) is 115 Å². The molecule has 1 aromatic heterocycles. The van der Waals surface area contributed by atoms with E-state index in [4.69, 9.17) is 16.0 Å². The zero-order valence-corrected chi connectivity index (χ0v) is 16.1. The summed E-state index contributed by atoms with van der Waals surface area (Å²) in [5, 5.41) is 15.1. The van der Waals surface area contributed by atoms with Gasteiger partial charge in [-0.3, -0.25) is 10.1 Å². The normalized spacial score (nSPS) is 11.6. The molecule has 144 valence electrons. The van der Waals surface area contributed by atoms with Gasteiger partial charge in [-0.05, 0) is 43.3 Å². The molecule has 0 spiro atoms. The summed E-state index contributed by atoms with van der Waals surface area (Å²) in [6, 6.07) is 13.5. The number of hydrogen-bond donors (Lipinski definition) is 1. The predicted octanol–water partition coefficient (Wildman–Crippen LogP) is 4.13. The minimum absolute atomic E-state index is 0.0761. The number of sulfonamides is 1. The summed E-state index contributed by atoms with van der Waals surface area (Å²) in [6.45, 7) is 1.85. The Morgan fingerprint density at radius 1 is 1.14 bits per heavy atom. The fourth-order valence-electron chi connectivity index (χ4n) is 2.36. The fourth-order valence-corrected chi connectivity index (χ4v) is 3.32. The van der Waals surface area contributed by atoms with Gasteiger partial charge in [0.2, 0.25) is 0 Å². The molecule has 2 aromatic carbocycles. The number of halogens is 1. The van der Waals surface area contributed by atoms with Crippen LogP contribution in [-0.4, -0.2) is 19.6 Å². The molecule has 0 aliphatic carbocycles. The quantitative estimate of drug-likeness (QED) is 0.366. The van der Waals surface area contributed by atoms with Crippen LogP contribution < -0.4 is 4.83 Å². The highest BCUT2D eigenvalue weighted by Crippen LogP contribution is 2.33. The van der Waals surface area contributed by atoms with Crippen molar-refractivity contribution in [1.82, 2.24) is 4.83 Å². The lowest BCUT2D eigenvalue weighted by Gasteiger charge is -2.03. The van der Waals surface area contributed by atoms with E-state index in [1.54, 1.807) is 12.1 Å². The Kier molecular flexibility index (Phi) is 5.48. The summed E-state index contributed by atoms with van der Waals surface area (Å²) in [5.41, 5.74) is 0.974. The van der Waals surface area contributed by atoms with Gasteiger partial charge in [-0.15, -0.1) is 0 Å². The van der Waals surface area contributed by atoms with Crippen LogP contribution in [0, 0.1) is 17.0 Å². The molecule has 0 amide bonds. The van der Waals surface area contributed by atoms with Gasteiger partial charge in [0, 0.05) is 11.1 Å². The van der Waals surface area contributed by atoms with E-state index in [-0.39, 0.29) is 32.7 Å². The summed E-state index contributed by atoms with van der Waals surface area (Å²) in [4.78, 5) is 12.8. The smallest absolute Gasteiger partial charge is 0.281 e. The molecule has 0 aliphatic heterocycles. The third-order valence-electron chi connectivity index (χ3n) is 3.74. The molecule has 8 nitrogen and oxygen atoms in total. The molecule has 1 N–H and O–H groups in total. The molecule has 0 saturated carbocycles. The first-order chi connectivity index (χ1) is 13.3. The summed E-state index contributed by atoms with van der Waals surface area (Å²) in [5.74, 6) is 0.442. The third kappa shape index (κ3) is 4.38. The van der Waals surface area contributed by atoms with Gasteiger partial charge in [0.1, 0.15) is 11.5 Å². The monoisotopic (exact) mass is 419 g/mol. The highest BCUT2D eigenvalue weighted by atomic mass is 35.5. The summed E-state index contributed by atoms with van der Waals surface area (Å²) in [6.07, 6.45) is 1.16. The Bertz CT molecular complexity index is 1150. The van der Waals surface area contributed by atoms with Gasteiger partial charge in [-0.1, -0.05) is 29.3 Å². The number of hydrogen-bond acceptors (Lipinski definition) is 6. The molecule has 0 aliphatic rings. The number of hydrazone groups is 1. The largest absolute Gasteiger partial charge is 0.455 e. The maximum absolute atomic E-state index is 12.2. The van der Waals surface area contributed by atoms with E-state index >= 15 is 0 Å². The van der Waals surface area contributed by atoms with Gasteiger partial charge in [-0.25, -0.2) is 0 Å². The number of nitro groups is 1. The van der Waals surface area contributed by atoms with Crippen molar-refractivity contribution in [2.45, 2.75) is 11.8 Å². The lowest BCUT2D eigenvalue weighted by Crippen LogP contribution is -2.18. The SMILES string of the molecule is Cc1ccc(S(=O)(=O)NN=Cc2ccc(-c3ccc(Cl)cc3[N+](=O)[O-])o2)cc1. The number of nitrogens with one attached hydrogen (secondary N) is 1. The van der Waals surface area contributed by atoms with Gasteiger partial charge < -0.3 is 4.42 Å². The zero-order valence-electron chi connectivity index (χ0n) is 14.5. The minimum Gasteiger partial charge on any atom is -0.455 e. The van der Waals surface area contributed by atoms with E-state index in [0.29, 0.717) is 0 Å². The maximum atomic E-state index is 12.2. The number of furan rings is 1. The Labute approximate surface area is 165 Å². The molecule has 0 bridgehead atoms. The Balaban J connectivity index is 1.78. The maximum Gasteiger partial charge on any atom is 0.281 e. The molecular formula is C18H14ClN3O5S. The van der Waals surface area contributed by atoms with Crippen LogP contribution in [0.2, 0.25) is 5.02 Å².